The Bertz CT molecular complexity index is 614. The third-order valence-electron chi connectivity index (χ3n) is 3.72. The van der Waals surface area contributed by atoms with Crippen LogP contribution < -0.4 is 5.63 Å². The SMILES string of the molecule is O=c1cc(CC2CCCOC2)c2c(o1)C=CC=CC=C2. The van der Waals surface area contributed by atoms with Gasteiger partial charge in [-0.1, -0.05) is 30.4 Å². The van der Waals surface area contributed by atoms with E-state index in [4.69, 9.17) is 9.15 Å². The molecule has 1 aliphatic heterocycles. The fourth-order valence-electron chi connectivity index (χ4n) is 2.76. The van der Waals surface area contributed by atoms with Crippen molar-refractivity contribution < 1.29 is 9.15 Å². The molecule has 20 heavy (non-hydrogen) atoms. The predicted octanol–water partition coefficient (Wildman–Crippen LogP) is 3.21. The average Bonchev–Trinajstić information content (AvgIpc) is 2.42. The van der Waals surface area contributed by atoms with Crippen LogP contribution in [0.2, 0.25) is 0 Å². The fourth-order valence-corrected chi connectivity index (χ4v) is 2.76. The number of rotatable bonds is 2. The highest BCUT2D eigenvalue weighted by molar-refractivity contribution is 5.66. The van der Waals surface area contributed by atoms with Crippen LogP contribution in [-0.2, 0) is 11.2 Å². The van der Waals surface area contributed by atoms with E-state index in [1.54, 1.807) is 6.07 Å². The molecule has 104 valence electrons. The molecule has 1 atom stereocenters. The maximum atomic E-state index is 11.7. The van der Waals surface area contributed by atoms with Crippen molar-refractivity contribution in [1.29, 1.82) is 0 Å². The van der Waals surface area contributed by atoms with E-state index < -0.39 is 0 Å². The lowest BCUT2D eigenvalue weighted by Gasteiger charge is -2.22. The minimum atomic E-state index is -0.280. The normalized spacial score (nSPS) is 21.3. The molecule has 2 aliphatic rings. The lowest BCUT2D eigenvalue weighted by atomic mass is 9.91. The van der Waals surface area contributed by atoms with Crippen LogP contribution in [0, 0.1) is 5.92 Å². The van der Waals surface area contributed by atoms with E-state index in [-0.39, 0.29) is 5.63 Å². The van der Waals surface area contributed by atoms with E-state index >= 15 is 0 Å². The summed E-state index contributed by atoms with van der Waals surface area (Å²) in [6.45, 7) is 1.65. The number of allylic oxidation sites excluding steroid dienone is 4. The Balaban J connectivity index is 1.95. The van der Waals surface area contributed by atoms with Gasteiger partial charge in [-0.25, -0.2) is 4.79 Å². The number of fused-ring (bicyclic) bond motifs is 1. The van der Waals surface area contributed by atoms with E-state index in [2.05, 4.69) is 0 Å². The first-order valence-corrected chi connectivity index (χ1v) is 7.09. The van der Waals surface area contributed by atoms with Crippen LogP contribution in [-0.4, -0.2) is 13.2 Å². The molecule has 1 saturated heterocycles. The molecule has 0 amide bonds. The number of hydrogen-bond acceptors (Lipinski definition) is 3. The second-order valence-corrected chi connectivity index (χ2v) is 5.26. The summed E-state index contributed by atoms with van der Waals surface area (Å²) in [7, 11) is 0. The summed E-state index contributed by atoms with van der Waals surface area (Å²) in [6.07, 6.45) is 14.7. The van der Waals surface area contributed by atoms with Gasteiger partial charge in [-0.05, 0) is 36.8 Å². The summed E-state index contributed by atoms with van der Waals surface area (Å²) in [5.74, 6) is 1.14. The standard InChI is InChI=1S/C17H18O3/c18-17-11-14(10-13-6-5-9-19-12-13)15-7-3-1-2-4-8-16(15)20-17/h1-4,7-8,11,13H,5-6,9-10,12H2. The van der Waals surface area contributed by atoms with Gasteiger partial charge in [0, 0.05) is 24.8 Å². The highest BCUT2D eigenvalue weighted by Crippen LogP contribution is 2.24. The first-order valence-electron chi connectivity index (χ1n) is 7.09. The molecular formula is C17H18O3. The van der Waals surface area contributed by atoms with Crippen molar-refractivity contribution >= 4 is 12.2 Å². The summed E-state index contributed by atoms with van der Waals surface area (Å²) >= 11 is 0. The monoisotopic (exact) mass is 270 g/mol. The molecule has 0 radical (unpaired) electrons. The largest absolute Gasteiger partial charge is 0.423 e. The Labute approximate surface area is 118 Å². The van der Waals surface area contributed by atoms with Gasteiger partial charge in [-0.15, -0.1) is 0 Å². The molecular weight excluding hydrogens is 252 g/mol. The van der Waals surface area contributed by atoms with Crippen molar-refractivity contribution in [3.05, 3.63) is 57.7 Å². The van der Waals surface area contributed by atoms with Crippen LogP contribution in [0.1, 0.15) is 29.7 Å². The van der Waals surface area contributed by atoms with Gasteiger partial charge in [0.15, 0.2) is 0 Å². The van der Waals surface area contributed by atoms with E-state index in [0.29, 0.717) is 11.7 Å². The zero-order chi connectivity index (χ0) is 13.8. The zero-order valence-electron chi connectivity index (χ0n) is 11.4. The Kier molecular flexibility index (Phi) is 3.97. The summed E-state index contributed by atoms with van der Waals surface area (Å²) in [4.78, 5) is 11.7. The Morgan fingerprint density at radius 1 is 1.15 bits per heavy atom. The lowest BCUT2D eigenvalue weighted by molar-refractivity contribution is 0.0549. The molecule has 1 aromatic heterocycles. The fraction of sp³-hybridized carbons (Fsp3) is 0.353. The first kappa shape index (κ1) is 13.1. The Morgan fingerprint density at radius 3 is 2.80 bits per heavy atom. The highest BCUT2D eigenvalue weighted by Gasteiger charge is 2.18. The molecule has 1 fully saturated rings. The van der Waals surface area contributed by atoms with Crippen molar-refractivity contribution in [2.75, 3.05) is 13.2 Å². The van der Waals surface area contributed by atoms with Crippen LogP contribution in [0.3, 0.4) is 0 Å². The second-order valence-electron chi connectivity index (χ2n) is 5.26. The molecule has 0 saturated carbocycles. The first-order chi connectivity index (χ1) is 9.83. The van der Waals surface area contributed by atoms with Gasteiger partial charge in [0.25, 0.3) is 0 Å². The van der Waals surface area contributed by atoms with E-state index in [9.17, 15) is 4.79 Å². The van der Waals surface area contributed by atoms with Gasteiger partial charge >= 0.3 is 5.63 Å². The molecule has 3 heteroatoms. The zero-order valence-corrected chi connectivity index (χ0v) is 11.4. The van der Waals surface area contributed by atoms with Gasteiger partial charge in [-0.3, -0.25) is 0 Å². The van der Waals surface area contributed by atoms with Crippen LogP contribution in [0.15, 0.2) is 39.6 Å². The van der Waals surface area contributed by atoms with Crippen molar-refractivity contribution in [2.24, 2.45) is 5.92 Å². The third kappa shape index (κ3) is 2.99. The molecule has 0 aromatic carbocycles. The molecule has 1 aliphatic carbocycles. The van der Waals surface area contributed by atoms with E-state index in [0.717, 1.165) is 43.6 Å². The maximum Gasteiger partial charge on any atom is 0.336 e. The number of ether oxygens (including phenoxy) is 1. The topological polar surface area (TPSA) is 39.4 Å². The molecule has 1 unspecified atom stereocenters. The molecule has 0 bridgehead atoms. The van der Waals surface area contributed by atoms with Crippen molar-refractivity contribution in [1.82, 2.24) is 0 Å². The predicted molar refractivity (Wildman–Crippen MR) is 79.4 cm³/mol. The van der Waals surface area contributed by atoms with Crippen molar-refractivity contribution in [2.45, 2.75) is 19.3 Å². The molecule has 2 heterocycles. The lowest BCUT2D eigenvalue weighted by Crippen LogP contribution is -2.20. The minimum absolute atomic E-state index is 0.280. The van der Waals surface area contributed by atoms with Crippen molar-refractivity contribution in [3.8, 4) is 0 Å². The molecule has 0 N–H and O–H groups in total. The number of hydrogen-bond donors (Lipinski definition) is 0. The molecule has 1 aromatic rings. The van der Waals surface area contributed by atoms with Gasteiger partial charge < -0.3 is 9.15 Å². The molecule has 0 spiro atoms. The van der Waals surface area contributed by atoms with Crippen LogP contribution in [0.4, 0.5) is 0 Å². The quantitative estimate of drug-likeness (QED) is 0.828. The second kappa shape index (κ2) is 6.06. The summed E-state index contributed by atoms with van der Waals surface area (Å²) in [5.41, 5.74) is 1.79. The summed E-state index contributed by atoms with van der Waals surface area (Å²) in [6, 6.07) is 1.62. The van der Waals surface area contributed by atoms with Crippen molar-refractivity contribution in [3.63, 3.8) is 0 Å². The molecule has 3 rings (SSSR count). The van der Waals surface area contributed by atoms with E-state index in [1.807, 2.05) is 36.5 Å². The average molecular weight is 270 g/mol. The van der Waals surface area contributed by atoms with Gasteiger partial charge in [0.05, 0.1) is 0 Å². The minimum Gasteiger partial charge on any atom is -0.423 e. The Morgan fingerprint density at radius 2 is 2.00 bits per heavy atom. The van der Waals surface area contributed by atoms with Crippen LogP contribution >= 0.6 is 0 Å². The summed E-state index contributed by atoms with van der Waals surface area (Å²) in [5, 5.41) is 0. The summed E-state index contributed by atoms with van der Waals surface area (Å²) < 4.78 is 10.8. The van der Waals surface area contributed by atoms with Crippen LogP contribution in [0.5, 0.6) is 0 Å². The Hall–Kier alpha value is -1.87. The third-order valence-corrected chi connectivity index (χ3v) is 3.72. The smallest absolute Gasteiger partial charge is 0.336 e. The van der Waals surface area contributed by atoms with Gasteiger partial charge in [-0.2, -0.15) is 0 Å². The van der Waals surface area contributed by atoms with E-state index in [1.165, 1.54) is 0 Å². The maximum absolute atomic E-state index is 11.7. The highest BCUT2D eigenvalue weighted by atomic mass is 16.5. The molecule has 3 nitrogen and oxygen atoms in total. The van der Waals surface area contributed by atoms with Gasteiger partial charge in [0.1, 0.15) is 5.76 Å². The van der Waals surface area contributed by atoms with Crippen LogP contribution in [0.25, 0.3) is 12.2 Å². The van der Waals surface area contributed by atoms with Gasteiger partial charge in [0.2, 0.25) is 0 Å².